The van der Waals surface area contributed by atoms with Crippen molar-refractivity contribution in [1.29, 1.82) is 0 Å². The van der Waals surface area contributed by atoms with Crippen LogP contribution in [0.1, 0.15) is 60.6 Å². The molecule has 0 spiro atoms. The Morgan fingerprint density at radius 2 is 1.26 bits per heavy atom. The quantitative estimate of drug-likeness (QED) is 0.125. The number of hydrogen-bond acceptors (Lipinski definition) is 5. The fourth-order valence-corrected chi connectivity index (χ4v) is 7.80. The van der Waals surface area contributed by atoms with Crippen LogP contribution in [0.3, 0.4) is 0 Å². The molecule has 0 saturated carbocycles. The molecule has 3 atom stereocenters. The van der Waals surface area contributed by atoms with Gasteiger partial charge in [-0.1, -0.05) is 67.6 Å². The second-order valence-corrected chi connectivity index (χ2v) is 12.8. The lowest BCUT2D eigenvalue weighted by atomic mass is 9.90. The summed E-state index contributed by atoms with van der Waals surface area (Å²) in [5.74, 6) is -0.0908. The summed E-state index contributed by atoms with van der Waals surface area (Å²) >= 11 is 6.44. The summed E-state index contributed by atoms with van der Waals surface area (Å²) in [4.78, 5) is 31.9. The monoisotopic (exact) mass is 633 g/mol. The van der Waals surface area contributed by atoms with Crippen molar-refractivity contribution in [2.75, 3.05) is 34.5 Å². The van der Waals surface area contributed by atoms with Crippen molar-refractivity contribution in [3.05, 3.63) is 102 Å². The van der Waals surface area contributed by atoms with Crippen LogP contribution in [0.4, 0.5) is 17.1 Å². The normalized spacial score (nSPS) is 17.8. The molecule has 1 unspecified atom stereocenters. The molecular formula is C38H36ClN3O4. The maximum atomic E-state index is 14.2. The Labute approximate surface area is 272 Å². The van der Waals surface area contributed by atoms with E-state index in [-0.39, 0.29) is 48.0 Å². The number of benzene rings is 5. The highest BCUT2D eigenvalue weighted by Gasteiger charge is 2.38. The Hall–Kier alpha value is -4.75. The van der Waals surface area contributed by atoms with Gasteiger partial charge in [0, 0.05) is 78.2 Å². The average molecular weight is 634 g/mol. The number of aromatic hydroxyl groups is 2. The van der Waals surface area contributed by atoms with Gasteiger partial charge in [-0.2, -0.15) is 0 Å². The number of alkyl halides is 1. The van der Waals surface area contributed by atoms with Crippen molar-refractivity contribution in [3.63, 3.8) is 0 Å². The molecule has 2 aliphatic rings. The number of carbonyl (C=O) groups is 2. The van der Waals surface area contributed by atoms with Crippen LogP contribution in [0, 0.1) is 0 Å². The van der Waals surface area contributed by atoms with Gasteiger partial charge in [0.05, 0.1) is 11.4 Å². The number of phenolic OH excluding ortho intramolecular Hbond substituents is 2. The van der Waals surface area contributed by atoms with Crippen molar-refractivity contribution < 1.29 is 19.8 Å². The Bertz CT molecular complexity index is 1890. The van der Waals surface area contributed by atoms with E-state index in [1.807, 2.05) is 66.7 Å². The van der Waals surface area contributed by atoms with Crippen LogP contribution >= 0.6 is 11.6 Å². The first-order chi connectivity index (χ1) is 22.3. The first-order valence-corrected chi connectivity index (χ1v) is 16.3. The van der Waals surface area contributed by atoms with Crippen molar-refractivity contribution in [2.45, 2.75) is 43.9 Å². The third-order valence-corrected chi connectivity index (χ3v) is 10.2. The number of hydrogen-bond donors (Lipinski definition) is 3. The van der Waals surface area contributed by atoms with Gasteiger partial charge in [0.1, 0.15) is 11.5 Å². The molecule has 7 nitrogen and oxygen atoms in total. The van der Waals surface area contributed by atoms with Crippen LogP contribution in [0.5, 0.6) is 11.5 Å². The molecule has 4 N–H and O–H groups in total. The molecular weight excluding hydrogens is 598 g/mol. The van der Waals surface area contributed by atoms with Gasteiger partial charge in [-0.05, 0) is 46.0 Å². The number of carbonyl (C=O) groups excluding carboxylic acids is 2. The van der Waals surface area contributed by atoms with E-state index < -0.39 is 5.92 Å². The Morgan fingerprint density at radius 1 is 0.761 bits per heavy atom. The first kappa shape index (κ1) is 29.9. The van der Waals surface area contributed by atoms with Crippen LogP contribution in [0.25, 0.3) is 21.5 Å². The van der Waals surface area contributed by atoms with Crippen molar-refractivity contribution in [2.24, 2.45) is 0 Å². The number of rotatable bonds is 7. The van der Waals surface area contributed by atoms with Crippen molar-refractivity contribution in [3.8, 4) is 11.5 Å². The molecule has 0 aromatic heterocycles. The number of phenols is 2. The average Bonchev–Trinajstić information content (AvgIpc) is 3.63. The molecule has 0 saturated heterocycles. The highest BCUT2D eigenvalue weighted by atomic mass is 35.5. The number of halogens is 1. The molecule has 46 heavy (non-hydrogen) atoms. The Kier molecular flexibility index (Phi) is 7.73. The Balaban J connectivity index is 1.22. The predicted molar refractivity (Wildman–Crippen MR) is 185 cm³/mol. The minimum absolute atomic E-state index is 0.0676. The van der Waals surface area contributed by atoms with Gasteiger partial charge in [0.15, 0.2) is 0 Å². The fourth-order valence-electron chi connectivity index (χ4n) is 7.55. The number of anilines is 3. The van der Waals surface area contributed by atoms with E-state index in [1.165, 1.54) is 0 Å². The topological polar surface area (TPSA) is 107 Å². The Morgan fingerprint density at radius 3 is 1.76 bits per heavy atom. The van der Waals surface area contributed by atoms with E-state index in [0.29, 0.717) is 30.3 Å². The molecule has 2 aliphatic heterocycles. The van der Waals surface area contributed by atoms with Crippen LogP contribution in [-0.2, 0) is 9.59 Å². The molecule has 0 bridgehead atoms. The summed E-state index contributed by atoms with van der Waals surface area (Å²) in [5.41, 5.74) is 11.0. The smallest absolute Gasteiger partial charge is 0.227 e. The number of amides is 2. The number of fused-ring (bicyclic) bond motifs is 6. The highest BCUT2D eigenvalue weighted by Crippen LogP contribution is 2.48. The van der Waals surface area contributed by atoms with Gasteiger partial charge < -0.3 is 25.7 Å². The summed E-state index contributed by atoms with van der Waals surface area (Å²) < 4.78 is 0. The van der Waals surface area contributed by atoms with Gasteiger partial charge >= 0.3 is 0 Å². The lowest BCUT2D eigenvalue weighted by molar-refractivity contribution is -0.120. The lowest BCUT2D eigenvalue weighted by Crippen LogP contribution is -2.34. The zero-order valence-electron chi connectivity index (χ0n) is 25.6. The van der Waals surface area contributed by atoms with Crippen LogP contribution in [0.2, 0.25) is 0 Å². The van der Waals surface area contributed by atoms with Gasteiger partial charge in [0.2, 0.25) is 11.8 Å². The largest absolute Gasteiger partial charge is 0.507 e. The molecule has 234 valence electrons. The number of nitrogen functional groups attached to an aromatic ring is 1. The molecule has 0 aliphatic carbocycles. The van der Waals surface area contributed by atoms with Gasteiger partial charge in [0.25, 0.3) is 0 Å². The molecule has 0 fully saturated rings. The molecule has 8 heteroatoms. The van der Waals surface area contributed by atoms with Gasteiger partial charge in [-0.25, -0.2) is 0 Å². The second-order valence-electron chi connectivity index (χ2n) is 12.5. The van der Waals surface area contributed by atoms with Crippen LogP contribution in [0.15, 0.2) is 84.9 Å². The van der Waals surface area contributed by atoms with Crippen LogP contribution in [-0.4, -0.2) is 41.0 Å². The summed E-state index contributed by atoms with van der Waals surface area (Å²) in [6.07, 6.45) is 1.000. The molecule has 0 radical (unpaired) electrons. The highest BCUT2D eigenvalue weighted by molar-refractivity contribution is 6.19. The maximum Gasteiger partial charge on any atom is 0.227 e. The third kappa shape index (κ3) is 4.99. The second kappa shape index (κ2) is 11.9. The minimum Gasteiger partial charge on any atom is -0.507 e. The standard InChI is InChI=1S/C38H36ClN3O4/c1-2-22-20-41(31-17-33(43)27-10-3-5-12-29(27)37(22)31)35(45)15-24(23-8-7-9-26(40)14-23)16-36(46)42-21-25(19-39)38-30-13-6-4-11-28(30)34(44)18-32(38)42/h3-14,17-18,22,24-25,43-44H,2,15-16,19-21,40H2,1H3/t22-,24?,25-/m1/s1. The summed E-state index contributed by atoms with van der Waals surface area (Å²) in [6.45, 7) is 3.02. The fraction of sp³-hybridized carbons (Fsp3) is 0.263. The van der Waals surface area contributed by atoms with Gasteiger partial charge in [-0.15, -0.1) is 11.6 Å². The van der Waals surface area contributed by atoms with Crippen molar-refractivity contribution >= 4 is 62.0 Å². The number of nitrogens with two attached hydrogens (primary N) is 1. The molecule has 5 aromatic carbocycles. The van der Waals surface area contributed by atoms with E-state index >= 15 is 0 Å². The maximum absolute atomic E-state index is 14.2. The lowest BCUT2D eigenvalue weighted by Gasteiger charge is -2.25. The summed E-state index contributed by atoms with van der Waals surface area (Å²) in [6, 6.07) is 26.1. The predicted octanol–water partition coefficient (Wildman–Crippen LogP) is 7.76. The van der Waals surface area contributed by atoms with E-state index in [0.717, 1.165) is 50.3 Å². The molecule has 2 heterocycles. The zero-order chi connectivity index (χ0) is 32.1. The SMILES string of the molecule is CC[C@@H]1CN(C(=O)CC(CC(=O)N2C[C@@H](CCl)c3c2cc(O)c2ccccc32)c2cccc(N)c2)c2cc(O)c3ccccc3c21. The zero-order valence-corrected chi connectivity index (χ0v) is 26.4. The van der Waals surface area contributed by atoms with Gasteiger partial charge in [-0.3, -0.25) is 9.59 Å². The van der Waals surface area contributed by atoms with Crippen LogP contribution < -0.4 is 15.5 Å². The van der Waals surface area contributed by atoms with E-state index in [4.69, 9.17) is 17.3 Å². The summed E-state index contributed by atoms with van der Waals surface area (Å²) in [5, 5.41) is 25.1. The first-order valence-electron chi connectivity index (χ1n) is 15.8. The van der Waals surface area contributed by atoms with Crippen molar-refractivity contribution in [1.82, 2.24) is 0 Å². The molecule has 5 aromatic rings. The van der Waals surface area contributed by atoms with E-state index in [9.17, 15) is 19.8 Å². The molecule has 7 rings (SSSR count). The minimum atomic E-state index is -0.450. The summed E-state index contributed by atoms with van der Waals surface area (Å²) in [7, 11) is 0. The molecule has 2 amide bonds. The van der Waals surface area contributed by atoms with E-state index in [1.54, 1.807) is 28.0 Å². The number of nitrogens with zero attached hydrogens (tertiary/aromatic N) is 2. The third-order valence-electron chi connectivity index (χ3n) is 9.79. The van der Waals surface area contributed by atoms with E-state index in [2.05, 4.69) is 6.92 Å².